The SMILES string of the molecule is CC(=O)Oc1ccc(C(CNC(=O)OC(C)(C)C)[Se]c2ccc([N+](=O)[O-])cc2)cc1OC(C)=O. The van der Waals surface area contributed by atoms with Gasteiger partial charge in [-0.25, -0.2) is 0 Å². The van der Waals surface area contributed by atoms with Crippen LogP contribution in [0.5, 0.6) is 11.5 Å². The van der Waals surface area contributed by atoms with Crippen LogP contribution in [0, 0.1) is 10.1 Å². The van der Waals surface area contributed by atoms with Crippen molar-refractivity contribution in [3.8, 4) is 11.5 Å². The number of nitrogens with one attached hydrogen (secondary N) is 1. The summed E-state index contributed by atoms with van der Waals surface area (Å²) in [6, 6.07) is 11.0. The molecule has 0 aliphatic carbocycles. The van der Waals surface area contributed by atoms with Gasteiger partial charge in [0.1, 0.15) is 0 Å². The molecule has 10 nitrogen and oxygen atoms in total. The topological polar surface area (TPSA) is 134 Å². The molecule has 1 atom stereocenters. The van der Waals surface area contributed by atoms with Crippen molar-refractivity contribution in [2.75, 3.05) is 6.54 Å². The molecule has 0 heterocycles. The van der Waals surface area contributed by atoms with Crippen LogP contribution in [-0.4, -0.2) is 50.1 Å². The second-order valence-corrected chi connectivity index (χ2v) is 10.8. The predicted octanol–water partition coefficient (Wildman–Crippen LogP) is 3.04. The standard InChI is InChI=1S/C23H26N2O8Se/c1-14(26)31-19-11-6-16(12-20(19)32-15(2)27)21(13-24-22(28)33-23(3,4)5)34-18-9-7-17(8-10-18)25(29)30/h6-12,21H,13H2,1-5H3,(H,24,28). The molecule has 182 valence electrons. The van der Waals surface area contributed by atoms with E-state index in [9.17, 15) is 24.5 Å². The zero-order valence-corrected chi connectivity index (χ0v) is 21.2. The van der Waals surface area contributed by atoms with Crippen molar-refractivity contribution in [2.24, 2.45) is 0 Å². The Morgan fingerprint density at radius 3 is 2.12 bits per heavy atom. The first kappa shape index (κ1) is 26.8. The summed E-state index contributed by atoms with van der Waals surface area (Å²) < 4.78 is 16.5. The summed E-state index contributed by atoms with van der Waals surface area (Å²) in [6.07, 6.45) is -0.589. The van der Waals surface area contributed by atoms with Gasteiger partial charge in [-0.1, -0.05) is 0 Å². The zero-order chi connectivity index (χ0) is 25.5. The normalized spacial score (nSPS) is 11.8. The van der Waals surface area contributed by atoms with Crippen LogP contribution in [0.3, 0.4) is 0 Å². The van der Waals surface area contributed by atoms with E-state index in [1.807, 2.05) is 0 Å². The molecule has 0 radical (unpaired) electrons. The number of nitro benzene ring substituents is 1. The summed E-state index contributed by atoms with van der Waals surface area (Å²) in [5, 5.41) is 13.7. The molecule has 0 spiro atoms. The van der Waals surface area contributed by atoms with Crippen LogP contribution < -0.4 is 19.3 Å². The minimum absolute atomic E-state index is 0.0224. The van der Waals surface area contributed by atoms with Crippen LogP contribution in [0.1, 0.15) is 45.0 Å². The summed E-state index contributed by atoms with van der Waals surface area (Å²) in [7, 11) is 0. The molecule has 2 aromatic rings. The second kappa shape index (κ2) is 11.6. The number of rotatable bonds is 8. The number of esters is 2. The number of alkyl carbamates (subject to hydrolysis) is 1. The summed E-state index contributed by atoms with van der Waals surface area (Å²) in [6.45, 7) is 7.92. The minimum atomic E-state index is -0.669. The molecule has 1 N–H and O–H groups in total. The third-order valence-electron chi connectivity index (χ3n) is 4.00. The molecule has 1 amide bonds. The molecule has 0 saturated carbocycles. The molecular formula is C23H26N2O8Se. The number of carbonyl (C=O) groups is 3. The van der Waals surface area contributed by atoms with Gasteiger partial charge in [0.25, 0.3) is 0 Å². The van der Waals surface area contributed by atoms with Crippen molar-refractivity contribution in [2.45, 2.75) is 45.0 Å². The molecule has 0 bridgehead atoms. The van der Waals surface area contributed by atoms with Crippen LogP contribution in [-0.2, 0) is 14.3 Å². The van der Waals surface area contributed by atoms with E-state index in [-0.39, 0.29) is 43.5 Å². The summed E-state index contributed by atoms with van der Waals surface area (Å²) in [5.74, 6) is -0.996. The zero-order valence-electron chi connectivity index (χ0n) is 19.4. The van der Waals surface area contributed by atoms with Crippen LogP contribution in [0.25, 0.3) is 0 Å². The third kappa shape index (κ3) is 8.84. The number of benzene rings is 2. The molecule has 2 aromatic carbocycles. The van der Waals surface area contributed by atoms with Crippen molar-refractivity contribution in [3.05, 3.63) is 58.1 Å². The van der Waals surface area contributed by atoms with Crippen LogP contribution >= 0.6 is 0 Å². The van der Waals surface area contributed by atoms with Gasteiger partial charge in [-0.15, -0.1) is 0 Å². The molecule has 0 aliphatic rings. The van der Waals surface area contributed by atoms with Crippen molar-refractivity contribution < 1.29 is 33.5 Å². The van der Waals surface area contributed by atoms with E-state index in [1.165, 1.54) is 32.0 Å². The van der Waals surface area contributed by atoms with Crippen LogP contribution in [0.4, 0.5) is 10.5 Å². The Morgan fingerprint density at radius 2 is 1.59 bits per heavy atom. The van der Waals surface area contributed by atoms with Crippen molar-refractivity contribution in [3.63, 3.8) is 0 Å². The Kier molecular flexibility index (Phi) is 9.17. The number of hydrogen-bond acceptors (Lipinski definition) is 8. The summed E-state index contributed by atoms with van der Waals surface area (Å²) in [4.78, 5) is 45.4. The number of carbonyl (C=O) groups excluding carboxylic acids is 3. The van der Waals surface area contributed by atoms with E-state index in [4.69, 9.17) is 14.2 Å². The molecule has 0 saturated heterocycles. The van der Waals surface area contributed by atoms with Gasteiger partial charge in [0.2, 0.25) is 0 Å². The van der Waals surface area contributed by atoms with Gasteiger partial charge in [-0.05, 0) is 0 Å². The predicted molar refractivity (Wildman–Crippen MR) is 125 cm³/mol. The Labute approximate surface area is 203 Å². The number of hydrogen-bond donors (Lipinski definition) is 1. The Bertz CT molecular complexity index is 1060. The Morgan fingerprint density at radius 1 is 1.00 bits per heavy atom. The number of ether oxygens (including phenoxy) is 3. The number of nitro groups is 1. The Hall–Kier alpha value is -3.43. The second-order valence-electron chi connectivity index (χ2n) is 8.13. The van der Waals surface area contributed by atoms with Gasteiger partial charge >= 0.3 is 203 Å². The molecule has 0 fully saturated rings. The van der Waals surface area contributed by atoms with E-state index in [1.54, 1.807) is 45.0 Å². The first-order chi connectivity index (χ1) is 15.8. The number of non-ortho nitro benzene ring substituents is 1. The van der Waals surface area contributed by atoms with Crippen LogP contribution in [0.15, 0.2) is 42.5 Å². The number of amides is 1. The van der Waals surface area contributed by atoms with Crippen molar-refractivity contribution in [1.29, 1.82) is 0 Å². The third-order valence-corrected chi connectivity index (χ3v) is 6.66. The van der Waals surface area contributed by atoms with E-state index in [0.717, 1.165) is 4.46 Å². The molecule has 11 heteroatoms. The quantitative estimate of drug-likeness (QED) is 0.179. The Balaban J connectivity index is 2.36. The molecule has 2 rings (SSSR count). The molecule has 1 unspecified atom stereocenters. The van der Waals surface area contributed by atoms with Gasteiger partial charge < -0.3 is 0 Å². The van der Waals surface area contributed by atoms with Crippen molar-refractivity contribution in [1.82, 2.24) is 5.32 Å². The van der Waals surface area contributed by atoms with Gasteiger partial charge in [0, 0.05) is 0 Å². The first-order valence-corrected chi connectivity index (χ1v) is 12.1. The van der Waals surface area contributed by atoms with E-state index in [0.29, 0.717) is 5.56 Å². The monoisotopic (exact) mass is 538 g/mol. The number of nitrogens with zero attached hydrogens (tertiary/aromatic N) is 1. The average Bonchev–Trinajstić information content (AvgIpc) is 2.70. The van der Waals surface area contributed by atoms with Gasteiger partial charge in [-0.2, -0.15) is 0 Å². The molecule has 34 heavy (non-hydrogen) atoms. The van der Waals surface area contributed by atoms with Crippen LogP contribution in [0.2, 0.25) is 0 Å². The van der Waals surface area contributed by atoms with E-state index in [2.05, 4.69) is 5.32 Å². The summed E-state index contributed by atoms with van der Waals surface area (Å²) >= 11 is -0.291. The average molecular weight is 537 g/mol. The fourth-order valence-electron chi connectivity index (χ4n) is 2.73. The van der Waals surface area contributed by atoms with Gasteiger partial charge in [-0.3, -0.25) is 0 Å². The molecule has 0 aliphatic heterocycles. The maximum absolute atomic E-state index is 12.2. The summed E-state index contributed by atoms with van der Waals surface area (Å²) in [5.41, 5.74) is 0.0180. The van der Waals surface area contributed by atoms with E-state index < -0.39 is 28.6 Å². The molecular weight excluding hydrogens is 511 g/mol. The van der Waals surface area contributed by atoms with Gasteiger partial charge in [0.15, 0.2) is 0 Å². The maximum atomic E-state index is 12.2. The molecule has 0 aromatic heterocycles. The van der Waals surface area contributed by atoms with E-state index >= 15 is 0 Å². The van der Waals surface area contributed by atoms with Gasteiger partial charge in [0.05, 0.1) is 0 Å². The fourth-order valence-corrected chi connectivity index (χ4v) is 4.97. The van der Waals surface area contributed by atoms with Crippen molar-refractivity contribution >= 4 is 43.1 Å². The fraction of sp³-hybridized carbons (Fsp3) is 0.348. The first-order valence-electron chi connectivity index (χ1n) is 10.2.